The third kappa shape index (κ3) is 8.13. The van der Waals surface area contributed by atoms with E-state index in [1.165, 1.54) is 26.2 Å². The Morgan fingerprint density at radius 2 is 1.30 bits per heavy atom. The smallest absolute Gasteiger partial charge is 0.357 e. The first-order valence-corrected chi connectivity index (χ1v) is 12.3. The van der Waals surface area contributed by atoms with Gasteiger partial charge in [0.25, 0.3) is 0 Å². The van der Waals surface area contributed by atoms with Gasteiger partial charge >= 0.3 is 27.2 Å². The van der Waals surface area contributed by atoms with Gasteiger partial charge in [-0.05, 0) is 67.6 Å². The molecule has 0 aliphatic carbocycles. The van der Waals surface area contributed by atoms with Crippen LogP contribution < -0.4 is 30.7 Å². The van der Waals surface area contributed by atoms with E-state index in [1.807, 2.05) is 43.3 Å². The Hall–Kier alpha value is -2.43. The van der Waals surface area contributed by atoms with Crippen molar-refractivity contribution in [1.82, 2.24) is 0 Å². The molecule has 0 amide bonds. The second-order valence-corrected chi connectivity index (χ2v) is 10.5. The van der Waals surface area contributed by atoms with Gasteiger partial charge in [-0.2, -0.15) is 0 Å². The van der Waals surface area contributed by atoms with Gasteiger partial charge in [0.05, 0.1) is 12.0 Å². The molecule has 3 rings (SSSR count). The first kappa shape index (κ1) is 23.8. The van der Waals surface area contributed by atoms with Crippen LogP contribution in [0.2, 0.25) is 0 Å². The summed E-state index contributed by atoms with van der Waals surface area (Å²) < 4.78 is 43.9. The maximum atomic E-state index is 10.8. The van der Waals surface area contributed by atoms with Crippen molar-refractivity contribution < 1.29 is 48.4 Å². The number of esters is 1. The summed E-state index contributed by atoms with van der Waals surface area (Å²) in [4.78, 5) is 10.6. The van der Waals surface area contributed by atoms with Gasteiger partial charge < -0.3 is 14.0 Å². The maximum absolute atomic E-state index is 10.8. The highest BCUT2D eigenvalue weighted by Crippen LogP contribution is 2.09. The Morgan fingerprint density at radius 3 is 1.70 bits per heavy atom. The third-order valence-electron chi connectivity index (χ3n) is 3.65. The highest BCUT2D eigenvalue weighted by molar-refractivity contribution is 7.85. The fraction of sp³-hybridized carbons (Fsp3) is 0.136. The first-order valence-electron chi connectivity index (χ1n) is 8.77. The number of rotatable bonds is 5. The molecular formula is C22H21IO6S. The average molecular weight is 540 g/mol. The highest BCUT2D eigenvalue weighted by Gasteiger charge is 2.15. The van der Waals surface area contributed by atoms with Crippen LogP contribution in [0.3, 0.4) is 0 Å². The quantitative estimate of drug-likeness (QED) is 0.204. The molecule has 6 nitrogen and oxygen atoms in total. The molecule has 0 N–H and O–H groups in total. The summed E-state index contributed by atoms with van der Waals surface area (Å²) in [5.74, 6) is 1.17. The van der Waals surface area contributed by atoms with Gasteiger partial charge in [-0.25, -0.2) is 8.42 Å². The molecule has 30 heavy (non-hydrogen) atoms. The van der Waals surface area contributed by atoms with E-state index in [9.17, 15) is 17.8 Å². The Morgan fingerprint density at radius 1 is 0.833 bits per heavy atom. The molecule has 0 saturated heterocycles. The summed E-state index contributed by atoms with van der Waals surface area (Å²) in [5.41, 5.74) is 0.928. The van der Waals surface area contributed by atoms with Crippen molar-refractivity contribution in [1.29, 1.82) is 0 Å². The number of hydrogen-bond donors (Lipinski definition) is 0. The summed E-state index contributed by atoms with van der Waals surface area (Å²) >= 11 is -0.219. The minimum atomic E-state index is -4.27. The predicted octanol–water partition coefficient (Wildman–Crippen LogP) is 0.648. The average Bonchev–Trinajstić information content (AvgIpc) is 2.70. The molecule has 0 atom stereocenters. The normalized spacial score (nSPS) is 10.5. The molecule has 0 aromatic heterocycles. The van der Waals surface area contributed by atoms with Gasteiger partial charge in [0, 0.05) is 6.92 Å². The van der Waals surface area contributed by atoms with E-state index in [0.29, 0.717) is 5.75 Å². The van der Waals surface area contributed by atoms with Crippen molar-refractivity contribution in [2.45, 2.75) is 18.7 Å². The van der Waals surface area contributed by atoms with Crippen molar-refractivity contribution in [2.24, 2.45) is 0 Å². The summed E-state index contributed by atoms with van der Waals surface area (Å²) in [6.45, 7) is 3.22. The molecule has 0 unspecified atom stereocenters. The van der Waals surface area contributed by atoms with Crippen LogP contribution in [-0.2, 0) is 14.9 Å². The fourth-order valence-electron chi connectivity index (χ4n) is 2.20. The van der Waals surface area contributed by atoms with Crippen LogP contribution in [0.25, 0.3) is 0 Å². The lowest BCUT2D eigenvalue weighted by molar-refractivity contribution is -0.597. The van der Waals surface area contributed by atoms with Crippen molar-refractivity contribution in [3.63, 3.8) is 0 Å². The van der Waals surface area contributed by atoms with Gasteiger partial charge in [-0.3, -0.25) is 4.79 Å². The van der Waals surface area contributed by atoms with Crippen LogP contribution in [0.1, 0.15) is 12.5 Å². The Labute approximate surface area is 186 Å². The lowest BCUT2D eigenvalue weighted by atomic mass is 10.2. The Kier molecular flexibility index (Phi) is 8.82. The molecule has 0 spiro atoms. The zero-order valence-electron chi connectivity index (χ0n) is 16.7. The molecule has 0 saturated carbocycles. The van der Waals surface area contributed by atoms with Gasteiger partial charge in [-0.15, -0.1) is 0 Å². The summed E-state index contributed by atoms with van der Waals surface area (Å²) in [6.07, 6.45) is 0. The second-order valence-electron chi connectivity index (χ2n) is 6.07. The van der Waals surface area contributed by atoms with Crippen LogP contribution in [0.5, 0.6) is 11.5 Å². The molecular weight excluding hydrogens is 519 g/mol. The van der Waals surface area contributed by atoms with Crippen LogP contribution in [0.15, 0.2) is 77.7 Å². The topological polar surface area (TPSA) is 92.7 Å². The number of carbonyl (C=O) groups is 1. The summed E-state index contributed by atoms with van der Waals surface area (Å²) in [7, 11) is -2.61. The lowest BCUT2D eigenvalue weighted by Gasteiger charge is -2.05. The number of carbonyl (C=O) groups excluding carboxylic acids is 1. The maximum Gasteiger partial charge on any atom is 0.357 e. The van der Waals surface area contributed by atoms with Crippen LogP contribution in [-0.4, -0.2) is 26.0 Å². The molecule has 8 heteroatoms. The summed E-state index contributed by atoms with van der Waals surface area (Å²) in [6, 6.07) is 21.6. The highest BCUT2D eigenvalue weighted by atomic mass is 127. The van der Waals surface area contributed by atoms with Crippen LogP contribution in [0, 0.1) is 14.1 Å². The zero-order valence-corrected chi connectivity index (χ0v) is 19.6. The van der Waals surface area contributed by atoms with Crippen molar-refractivity contribution in [2.75, 3.05) is 7.11 Å². The molecule has 158 valence electrons. The number of aryl methyl sites for hydroxylation is 1. The van der Waals surface area contributed by atoms with Gasteiger partial charge in [-0.1, -0.05) is 17.7 Å². The molecule has 0 aliphatic heterocycles. The van der Waals surface area contributed by atoms with Crippen molar-refractivity contribution in [3.8, 4) is 11.5 Å². The van der Waals surface area contributed by atoms with Gasteiger partial charge in [0.2, 0.25) is 0 Å². The van der Waals surface area contributed by atoms with Gasteiger partial charge in [0.15, 0.2) is 7.14 Å². The molecule has 0 aliphatic rings. The number of ether oxygens (including phenoxy) is 2. The van der Waals surface area contributed by atoms with E-state index in [1.54, 1.807) is 19.2 Å². The Balaban J connectivity index is 0.000000248. The SMILES string of the molecule is COc1ccc([I+]c2ccc(OC(C)=O)cc2)cc1.Cc1ccc(S(=O)(=O)[O-])cc1. The predicted molar refractivity (Wildman–Crippen MR) is 107 cm³/mol. The largest absolute Gasteiger partial charge is 0.744 e. The van der Waals surface area contributed by atoms with E-state index in [4.69, 9.17) is 9.47 Å². The standard InChI is InChI=1S/C15H14IO3.C7H8O3S/c1-11(17)19-15-9-5-13(6-10-15)16-12-3-7-14(18-2)8-4-12;1-6-2-4-7(5-3-6)11(8,9)10/h3-10H,1-2H3;2-5H,1H3,(H,8,9,10)/q+1;/p-1. The fourth-order valence-corrected chi connectivity index (χ4v) is 4.82. The minimum Gasteiger partial charge on any atom is -0.744 e. The van der Waals surface area contributed by atoms with E-state index in [-0.39, 0.29) is 32.1 Å². The minimum absolute atomic E-state index is 0.178. The van der Waals surface area contributed by atoms with E-state index in [0.717, 1.165) is 11.3 Å². The third-order valence-corrected chi connectivity index (χ3v) is 7.19. The molecule has 0 bridgehead atoms. The number of hydrogen-bond acceptors (Lipinski definition) is 6. The molecule has 0 fully saturated rings. The van der Waals surface area contributed by atoms with Crippen LogP contribution >= 0.6 is 0 Å². The van der Waals surface area contributed by atoms with E-state index in [2.05, 4.69) is 12.1 Å². The molecule has 0 radical (unpaired) electrons. The molecule has 3 aromatic rings. The lowest BCUT2D eigenvalue weighted by Crippen LogP contribution is -3.61. The number of benzene rings is 3. The van der Waals surface area contributed by atoms with E-state index >= 15 is 0 Å². The number of halogens is 1. The van der Waals surface area contributed by atoms with Crippen molar-refractivity contribution >= 4 is 16.1 Å². The monoisotopic (exact) mass is 540 g/mol. The first-order chi connectivity index (χ1) is 14.2. The van der Waals surface area contributed by atoms with Gasteiger partial charge in [0.1, 0.15) is 21.6 Å². The molecule has 3 aromatic carbocycles. The van der Waals surface area contributed by atoms with Crippen molar-refractivity contribution in [3.05, 3.63) is 85.5 Å². The second kappa shape index (κ2) is 11.1. The zero-order chi connectivity index (χ0) is 22.1. The van der Waals surface area contributed by atoms with Crippen LogP contribution in [0.4, 0.5) is 0 Å². The van der Waals surface area contributed by atoms with E-state index < -0.39 is 10.1 Å². The number of methoxy groups -OCH3 is 1. The molecule has 0 heterocycles. The summed E-state index contributed by atoms with van der Waals surface area (Å²) in [5, 5.41) is 0. The Bertz CT molecular complexity index is 1060.